The van der Waals surface area contributed by atoms with Crippen molar-refractivity contribution in [2.75, 3.05) is 6.79 Å². The molecule has 0 saturated heterocycles. The van der Waals surface area contributed by atoms with E-state index in [1.807, 2.05) is 56.3 Å². The van der Waals surface area contributed by atoms with Crippen LogP contribution >= 0.6 is 0 Å². The molecule has 1 aliphatic heterocycles. The second-order valence-electron chi connectivity index (χ2n) is 7.03. The molecule has 4 nitrogen and oxygen atoms in total. The third kappa shape index (κ3) is 2.64. The van der Waals surface area contributed by atoms with E-state index < -0.39 is 5.41 Å². The second kappa shape index (κ2) is 5.59. The summed E-state index contributed by atoms with van der Waals surface area (Å²) in [7, 11) is 0. The molecule has 2 aromatic carbocycles. The van der Waals surface area contributed by atoms with Crippen LogP contribution in [0.2, 0.25) is 0 Å². The highest BCUT2D eigenvalue weighted by Gasteiger charge is 2.37. The van der Waals surface area contributed by atoms with E-state index in [-0.39, 0.29) is 24.8 Å². The zero-order chi connectivity index (χ0) is 17.6. The molecule has 0 spiro atoms. The van der Waals surface area contributed by atoms with Gasteiger partial charge >= 0.3 is 0 Å². The average Bonchev–Trinajstić information content (AvgIpc) is 3.05. The van der Waals surface area contributed by atoms with Crippen molar-refractivity contribution in [2.24, 2.45) is 5.41 Å². The van der Waals surface area contributed by atoms with Crippen LogP contribution < -0.4 is 9.47 Å². The molecule has 0 fully saturated rings. The van der Waals surface area contributed by atoms with E-state index in [4.69, 9.17) is 9.47 Å². The van der Waals surface area contributed by atoms with E-state index in [2.05, 4.69) is 0 Å². The molecule has 0 N–H and O–H groups in total. The molecule has 0 atom stereocenters. The van der Waals surface area contributed by atoms with Gasteiger partial charge in [0, 0.05) is 17.4 Å². The molecular formula is C21H18O4. The largest absolute Gasteiger partial charge is 0.454 e. The van der Waals surface area contributed by atoms with Gasteiger partial charge in [0.25, 0.3) is 0 Å². The number of fused-ring (bicyclic) bond motifs is 1. The van der Waals surface area contributed by atoms with Crippen molar-refractivity contribution >= 4 is 17.1 Å². The molecule has 0 radical (unpaired) electrons. The van der Waals surface area contributed by atoms with Gasteiger partial charge < -0.3 is 9.47 Å². The molecular weight excluding hydrogens is 316 g/mol. The summed E-state index contributed by atoms with van der Waals surface area (Å²) < 4.78 is 10.8. The topological polar surface area (TPSA) is 52.6 Å². The number of rotatable bonds is 2. The Hall–Kier alpha value is -2.88. The van der Waals surface area contributed by atoms with Gasteiger partial charge in [-0.05, 0) is 34.9 Å². The lowest BCUT2D eigenvalue weighted by molar-refractivity contribution is -0.127. The predicted octanol–water partition coefficient (Wildman–Crippen LogP) is 4.03. The minimum absolute atomic E-state index is 0.000272. The van der Waals surface area contributed by atoms with Crippen LogP contribution in [0.4, 0.5) is 0 Å². The third-order valence-corrected chi connectivity index (χ3v) is 4.68. The first kappa shape index (κ1) is 15.6. The monoisotopic (exact) mass is 334 g/mol. The van der Waals surface area contributed by atoms with Crippen LogP contribution in [0.5, 0.6) is 11.5 Å². The Bertz CT molecular complexity index is 921. The molecule has 1 aliphatic carbocycles. The first-order chi connectivity index (χ1) is 12.0. The Kier molecular flexibility index (Phi) is 3.49. The second-order valence-corrected chi connectivity index (χ2v) is 7.03. The normalized spacial score (nSPS) is 18.2. The highest BCUT2D eigenvalue weighted by molar-refractivity contribution is 6.31. The summed E-state index contributed by atoms with van der Waals surface area (Å²) in [6.07, 6.45) is 1.74. The lowest BCUT2D eigenvalue weighted by Crippen LogP contribution is -2.32. The van der Waals surface area contributed by atoms with Crippen molar-refractivity contribution in [3.63, 3.8) is 0 Å². The molecule has 4 heteroatoms. The SMILES string of the molecule is CC1(C)CC(=O)C=C(c2ccccc2-c2ccc3c(c2)OCO3)C1=O. The van der Waals surface area contributed by atoms with Gasteiger partial charge in [-0.1, -0.05) is 44.2 Å². The van der Waals surface area contributed by atoms with Crippen LogP contribution in [0.25, 0.3) is 16.7 Å². The van der Waals surface area contributed by atoms with Gasteiger partial charge in [0.1, 0.15) is 0 Å². The Labute approximate surface area is 146 Å². The van der Waals surface area contributed by atoms with E-state index >= 15 is 0 Å². The summed E-state index contributed by atoms with van der Waals surface area (Å²) in [5.74, 6) is 1.39. The first-order valence-electron chi connectivity index (χ1n) is 8.24. The Balaban J connectivity index is 1.85. The summed E-state index contributed by atoms with van der Waals surface area (Å²) >= 11 is 0. The van der Waals surface area contributed by atoms with Gasteiger partial charge in [-0.25, -0.2) is 0 Å². The number of Topliss-reactive ketones (excluding diaryl/α,β-unsaturated/α-hetero) is 1. The average molecular weight is 334 g/mol. The summed E-state index contributed by atoms with van der Waals surface area (Å²) in [4.78, 5) is 25.0. The highest BCUT2D eigenvalue weighted by atomic mass is 16.7. The van der Waals surface area contributed by atoms with Gasteiger partial charge in [-0.2, -0.15) is 0 Å². The standard InChI is InChI=1S/C21H18O4/c1-21(2)11-14(22)10-17(20(21)23)16-6-4-3-5-15(16)13-7-8-18-19(9-13)25-12-24-18/h3-10H,11-12H2,1-2H3. The van der Waals surface area contributed by atoms with Gasteiger partial charge in [-0.3, -0.25) is 9.59 Å². The van der Waals surface area contributed by atoms with E-state index in [0.717, 1.165) is 16.7 Å². The summed E-state index contributed by atoms with van der Waals surface area (Å²) in [6.45, 7) is 3.86. The smallest absolute Gasteiger partial charge is 0.231 e. The maximum atomic E-state index is 12.9. The van der Waals surface area contributed by atoms with Crippen LogP contribution in [0.3, 0.4) is 0 Å². The molecule has 2 aromatic rings. The highest BCUT2D eigenvalue weighted by Crippen LogP contribution is 2.41. The fourth-order valence-corrected chi connectivity index (χ4v) is 3.39. The molecule has 1 heterocycles. The van der Waals surface area contributed by atoms with Crippen molar-refractivity contribution in [1.29, 1.82) is 0 Å². The quantitative estimate of drug-likeness (QED) is 0.832. The molecule has 0 amide bonds. The number of hydrogen-bond acceptors (Lipinski definition) is 4. The maximum Gasteiger partial charge on any atom is 0.231 e. The Morgan fingerprint density at radius 3 is 2.44 bits per heavy atom. The van der Waals surface area contributed by atoms with Crippen LogP contribution in [0, 0.1) is 5.41 Å². The fraction of sp³-hybridized carbons (Fsp3) is 0.238. The van der Waals surface area contributed by atoms with E-state index in [0.29, 0.717) is 17.1 Å². The Morgan fingerprint density at radius 1 is 0.920 bits per heavy atom. The summed E-state index contributed by atoms with van der Waals surface area (Å²) in [5, 5.41) is 0. The number of allylic oxidation sites excluding steroid dienone is 2. The number of carbonyl (C=O) groups is 2. The first-order valence-corrected chi connectivity index (χ1v) is 8.24. The van der Waals surface area contributed by atoms with Crippen LogP contribution in [0.15, 0.2) is 48.5 Å². The van der Waals surface area contributed by atoms with Gasteiger partial charge in [-0.15, -0.1) is 0 Å². The molecule has 0 bridgehead atoms. The van der Waals surface area contributed by atoms with Crippen LogP contribution in [0.1, 0.15) is 25.8 Å². The third-order valence-electron chi connectivity index (χ3n) is 4.68. The van der Waals surface area contributed by atoms with Crippen molar-refractivity contribution in [3.05, 3.63) is 54.1 Å². The molecule has 0 saturated carbocycles. The number of carbonyl (C=O) groups excluding carboxylic acids is 2. The lowest BCUT2D eigenvalue weighted by atomic mass is 9.73. The van der Waals surface area contributed by atoms with E-state index in [1.54, 1.807) is 0 Å². The number of ketones is 2. The Morgan fingerprint density at radius 2 is 1.64 bits per heavy atom. The fourth-order valence-electron chi connectivity index (χ4n) is 3.39. The zero-order valence-corrected chi connectivity index (χ0v) is 14.2. The minimum Gasteiger partial charge on any atom is -0.454 e. The maximum absolute atomic E-state index is 12.9. The van der Waals surface area contributed by atoms with Crippen LogP contribution in [-0.2, 0) is 9.59 Å². The molecule has 0 aromatic heterocycles. The zero-order valence-electron chi connectivity index (χ0n) is 14.2. The van der Waals surface area contributed by atoms with E-state index in [1.165, 1.54) is 6.08 Å². The van der Waals surface area contributed by atoms with Crippen LogP contribution in [-0.4, -0.2) is 18.4 Å². The van der Waals surface area contributed by atoms with Gasteiger partial charge in [0.05, 0.1) is 0 Å². The molecule has 0 unspecified atom stereocenters. The number of ether oxygens (including phenoxy) is 2. The van der Waals surface area contributed by atoms with E-state index in [9.17, 15) is 9.59 Å². The molecule has 2 aliphatic rings. The molecule has 25 heavy (non-hydrogen) atoms. The number of benzene rings is 2. The number of hydrogen-bond donors (Lipinski definition) is 0. The minimum atomic E-state index is -0.677. The summed E-state index contributed by atoms with van der Waals surface area (Å²) in [5.41, 5.74) is 2.39. The van der Waals surface area contributed by atoms with Crippen molar-refractivity contribution in [2.45, 2.75) is 20.3 Å². The van der Waals surface area contributed by atoms with Gasteiger partial charge in [0.2, 0.25) is 6.79 Å². The predicted molar refractivity (Wildman–Crippen MR) is 94.4 cm³/mol. The van der Waals surface area contributed by atoms with Crippen molar-refractivity contribution < 1.29 is 19.1 Å². The van der Waals surface area contributed by atoms with Crippen molar-refractivity contribution in [1.82, 2.24) is 0 Å². The van der Waals surface area contributed by atoms with Crippen molar-refractivity contribution in [3.8, 4) is 22.6 Å². The summed E-state index contributed by atoms with van der Waals surface area (Å²) in [6, 6.07) is 13.3. The van der Waals surface area contributed by atoms with Gasteiger partial charge in [0.15, 0.2) is 23.1 Å². The molecule has 126 valence electrons. The lowest BCUT2D eigenvalue weighted by Gasteiger charge is -2.28. The molecule has 4 rings (SSSR count).